The summed E-state index contributed by atoms with van der Waals surface area (Å²) in [5.41, 5.74) is 6.53. The topological polar surface area (TPSA) is 76.4 Å². The third-order valence-electron chi connectivity index (χ3n) is 3.37. The highest BCUT2D eigenvalue weighted by Gasteiger charge is 2.23. The molecule has 0 aromatic heterocycles. The number of ether oxygens (including phenoxy) is 1. The van der Waals surface area contributed by atoms with Crippen molar-refractivity contribution in [3.63, 3.8) is 0 Å². The molecule has 1 rings (SSSR count). The smallest absolute Gasteiger partial charge is 0.407 e. The average molecular weight is 307 g/mol. The predicted molar refractivity (Wildman–Crippen MR) is 89.7 cm³/mol. The largest absolute Gasteiger partial charge is 0.444 e. The summed E-state index contributed by atoms with van der Waals surface area (Å²) >= 11 is 0. The standard InChI is InChI=1S/C17H29N3O2/c1-12(14-9-7-6-8-10-14)19-15(11-18)13(2)20-16(21)22-17(3,4)5/h6-10,12-13,15,19H,11,18H2,1-5H3,(H,20,21). The van der Waals surface area contributed by atoms with Crippen LogP contribution >= 0.6 is 0 Å². The SMILES string of the molecule is CC(NC(CN)C(C)NC(=O)OC(C)(C)C)c1ccccc1. The van der Waals surface area contributed by atoms with Gasteiger partial charge in [0.1, 0.15) is 5.60 Å². The minimum atomic E-state index is -0.507. The van der Waals surface area contributed by atoms with Crippen molar-refractivity contribution in [2.45, 2.75) is 58.3 Å². The Morgan fingerprint density at radius 2 is 1.82 bits per heavy atom. The van der Waals surface area contributed by atoms with Gasteiger partial charge in [-0.3, -0.25) is 0 Å². The molecule has 1 aromatic rings. The highest BCUT2D eigenvalue weighted by Crippen LogP contribution is 2.13. The van der Waals surface area contributed by atoms with Crippen molar-refractivity contribution in [1.29, 1.82) is 0 Å². The van der Waals surface area contributed by atoms with Crippen molar-refractivity contribution in [3.8, 4) is 0 Å². The van der Waals surface area contributed by atoms with Gasteiger partial charge >= 0.3 is 6.09 Å². The Labute approximate surface area is 133 Å². The van der Waals surface area contributed by atoms with E-state index in [9.17, 15) is 4.79 Å². The fourth-order valence-corrected chi connectivity index (χ4v) is 2.17. The highest BCUT2D eigenvalue weighted by molar-refractivity contribution is 5.68. The highest BCUT2D eigenvalue weighted by atomic mass is 16.6. The Kier molecular flexibility index (Phi) is 6.84. The molecule has 0 heterocycles. The molecule has 3 unspecified atom stereocenters. The summed E-state index contributed by atoms with van der Waals surface area (Å²) in [4.78, 5) is 11.8. The lowest BCUT2D eigenvalue weighted by Crippen LogP contribution is -2.53. The van der Waals surface area contributed by atoms with Crippen LogP contribution in [-0.2, 0) is 4.74 Å². The van der Waals surface area contributed by atoms with Crippen LogP contribution in [0.5, 0.6) is 0 Å². The first kappa shape index (κ1) is 18.5. The molecule has 0 aliphatic heterocycles. The molecule has 0 saturated heterocycles. The summed E-state index contributed by atoms with van der Waals surface area (Å²) in [7, 11) is 0. The lowest BCUT2D eigenvalue weighted by molar-refractivity contribution is 0.0497. The normalized spacial score (nSPS) is 15.7. The van der Waals surface area contributed by atoms with Gasteiger partial charge in [0.2, 0.25) is 0 Å². The zero-order valence-corrected chi connectivity index (χ0v) is 14.2. The molecule has 1 aromatic carbocycles. The second-order valence-electron chi connectivity index (χ2n) is 6.58. The van der Waals surface area contributed by atoms with Crippen molar-refractivity contribution in [2.24, 2.45) is 5.73 Å². The van der Waals surface area contributed by atoms with Gasteiger partial charge in [-0.05, 0) is 40.2 Å². The molecule has 0 radical (unpaired) electrons. The number of nitrogens with one attached hydrogen (secondary N) is 2. The summed E-state index contributed by atoms with van der Waals surface area (Å²) in [6, 6.07) is 10.1. The van der Waals surface area contributed by atoms with Crippen LogP contribution in [0.4, 0.5) is 4.79 Å². The maximum absolute atomic E-state index is 11.8. The van der Waals surface area contributed by atoms with Crippen LogP contribution in [0.3, 0.4) is 0 Å². The Hall–Kier alpha value is -1.59. The molecule has 0 spiro atoms. The summed E-state index contributed by atoms with van der Waals surface area (Å²) in [5, 5.41) is 6.30. The average Bonchev–Trinajstić information content (AvgIpc) is 2.43. The number of benzene rings is 1. The van der Waals surface area contributed by atoms with E-state index >= 15 is 0 Å². The van der Waals surface area contributed by atoms with Gasteiger partial charge in [-0.15, -0.1) is 0 Å². The Bertz CT molecular complexity index is 457. The zero-order chi connectivity index (χ0) is 16.8. The third kappa shape index (κ3) is 6.45. The van der Waals surface area contributed by atoms with Gasteiger partial charge in [-0.25, -0.2) is 4.79 Å². The molecule has 1 amide bonds. The van der Waals surface area contributed by atoms with Crippen LogP contribution in [0.1, 0.15) is 46.2 Å². The predicted octanol–water partition coefficient (Wildman–Crippen LogP) is 2.58. The van der Waals surface area contributed by atoms with Crippen LogP contribution < -0.4 is 16.4 Å². The van der Waals surface area contributed by atoms with E-state index in [1.54, 1.807) is 0 Å². The lowest BCUT2D eigenvalue weighted by Gasteiger charge is -2.29. The minimum Gasteiger partial charge on any atom is -0.444 e. The molecule has 4 N–H and O–H groups in total. The maximum Gasteiger partial charge on any atom is 0.407 e. The fourth-order valence-electron chi connectivity index (χ4n) is 2.17. The number of hydrogen-bond acceptors (Lipinski definition) is 4. The molecule has 3 atom stereocenters. The number of carbonyl (C=O) groups is 1. The van der Waals surface area contributed by atoms with Gasteiger partial charge in [0.15, 0.2) is 0 Å². The van der Waals surface area contributed by atoms with Crippen molar-refractivity contribution in [1.82, 2.24) is 10.6 Å². The van der Waals surface area contributed by atoms with E-state index in [4.69, 9.17) is 10.5 Å². The molecule has 22 heavy (non-hydrogen) atoms. The van der Waals surface area contributed by atoms with E-state index in [0.717, 1.165) is 0 Å². The molecule has 124 valence electrons. The second-order valence-corrected chi connectivity index (χ2v) is 6.58. The quantitative estimate of drug-likeness (QED) is 0.755. The van der Waals surface area contributed by atoms with Gasteiger partial charge in [0.05, 0.1) is 0 Å². The van der Waals surface area contributed by atoms with Crippen LogP contribution in [0.15, 0.2) is 30.3 Å². The Morgan fingerprint density at radius 3 is 2.32 bits per heavy atom. The van der Waals surface area contributed by atoms with E-state index in [1.807, 2.05) is 45.9 Å². The van der Waals surface area contributed by atoms with E-state index in [-0.39, 0.29) is 18.1 Å². The van der Waals surface area contributed by atoms with Gasteiger partial charge < -0.3 is 21.1 Å². The molecule has 0 aliphatic carbocycles. The first-order valence-electron chi connectivity index (χ1n) is 7.73. The Morgan fingerprint density at radius 1 is 1.23 bits per heavy atom. The van der Waals surface area contributed by atoms with Crippen molar-refractivity contribution < 1.29 is 9.53 Å². The summed E-state index contributed by atoms with van der Waals surface area (Å²) in [5.74, 6) is 0. The van der Waals surface area contributed by atoms with Gasteiger partial charge in [-0.2, -0.15) is 0 Å². The van der Waals surface area contributed by atoms with Gasteiger partial charge in [0, 0.05) is 24.7 Å². The molecule has 0 saturated carbocycles. The van der Waals surface area contributed by atoms with E-state index in [2.05, 4.69) is 29.7 Å². The van der Waals surface area contributed by atoms with Crippen LogP contribution in [0.2, 0.25) is 0 Å². The summed E-state index contributed by atoms with van der Waals surface area (Å²) in [6.45, 7) is 9.95. The fraction of sp³-hybridized carbons (Fsp3) is 0.588. The molecular formula is C17H29N3O2. The second kappa shape index (κ2) is 8.15. The molecule has 0 fully saturated rings. The number of hydrogen-bond donors (Lipinski definition) is 3. The first-order chi connectivity index (χ1) is 10.2. The number of amides is 1. The minimum absolute atomic E-state index is 0.0391. The monoisotopic (exact) mass is 307 g/mol. The summed E-state index contributed by atoms with van der Waals surface area (Å²) < 4.78 is 5.27. The first-order valence-corrected chi connectivity index (χ1v) is 7.73. The van der Waals surface area contributed by atoms with E-state index in [0.29, 0.717) is 6.54 Å². The molecule has 0 aliphatic rings. The summed E-state index contributed by atoms with van der Waals surface area (Å²) in [6.07, 6.45) is -0.424. The number of nitrogens with two attached hydrogens (primary N) is 1. The molecule has 5 heteroatoms. The molecule has 0 bridgehead atoms. The van der Waals surface area contributed by atoms with Gasteiger partial charge in [0.25, 0.3) is 0 Å². The van der Waals surface area contributed by atoms with Gasteiger partial charge in [-0.1, -0.05) is 30.3 Å². The van der Waals surface area contributed by atoms with E-state index in [1.165, 1.54) is 5.56 Å². The molecular weight excluding hydrogens is 278 g/mol. The number of carbonyl (C=O) groups excluding carboxylic acids is 1. The maximum atomic E-state index is 11.8. The van der Waals surface area contributed by atoms with Crippen LogP contribution in [-0.4, -0.2) is 30.3 Å². The van der Waals surface area contributed by atoms with E-state index < -0.39 is 11.7 Å². The van der Waals surface area contributed by atoms with Crippen LogP contribution in [0, 0.1) is 0 Å². The van der Waals surface area contributed by atoms with Crippen molar-refractivity contribution >= 4 is 6.09 Å². The van der Waals surface area contributed by atoms with Crippen LogP contribution in [0.25, 0.3) is 0 Å². The Balaban J connectivity index is 2.57. The number of rotatable bonds is 6. The molecule has 5 nitrogen and oxygen atoms in total. The lowest BCUT2D eigenvalue weighted by atomic mass is 10.0. The van der Waals surface area contributed by atoms with Crippen molar-refractivity contribution in [2.75, 3.05) is 6.54 Å². The van der Waals surface area contributed by atoms with Crippen molar-refractivity contribution in [3.05, 3.63) is 35.9 Å². The third-order valence-corrected chi connectivity index (χ3v) is 3.37. The number of alkyl carbamates (subject to hydrolysis) is 1. The zero-order valence-electron chi connectivity index (χ0n) is 14.2.